The minimum Gasteiger partial charge on any atom is -0.364 e. The van der Waals surface area contributed by atoms with Crippen LogP contribution in [0.25, 0.3) is 11.3 Å². The highest BCUT2D eigenvalue weighted by Crippen LogP contribution is 2.33. The monoisotopic (exact) mass is 294 g/mol. The summed E-state index contributed by atoms with van der Waals surface area (Å²) in [5.74, 6) is 0.104. The molecule has 0 saturated heterocycles. The van der Waals surface area contributed by atoms with Gasteiger partial charge in [-0.15, -0.1) is 0 Å². The largest absolute Gasteiger partial charge is 0.364 e. The smallest absolute Gasteiger partial charge is 0.268 e. The maximum absolute atomic E-state index is 11.3. The molecule has 1 aliphatic carbocycles. The van der Waals surface area contributed by atoms with Crippen molar-refractivity contribution in [2.75, 3.05) is 0 Å². The lowest BCUT2D eigenvalue weighted by molar-refractivity contribution is 0.0995. The van der Waals surface area contributed by atoms with Gasteiger partial charge in [0.1, 0.15) is 5.69 Å². The summed E-state index contributed by atoms with van der Waals surface area (Å²) in [7, 11) is 0. The molecule has 0 aliphatic heterocycles. The van der Waals surface area contributed by atoms with Crippen LogP contribution in [-0.2, 0) is 0 Å². The van der Waals surface area contributed by atoms with Crippen molar-refractivity contribution in [2.24, 2.45) is 5.73 Å². The number of aromatic nitrogens is 2. The van der Waals surface area contributed by atoms with Crippen LogP contribution in [0.4, 0.5) is 0 Å². The first-order valence-corrected chi connectivity index (χ1v) is 7.70. The van der Waals surface area contributed by atoms with Crippen molar-refractivity contribution in [3.8, 4) is 11.3 Å². The van der Waals surface area contributed by atoms with E-state index in [0.29, 0.717) is 5.92 Å². The molecule has 1 saturated carbocycles. The van der Waals surface area contributed by atoms with Crippen LogP contribution in [0.3, 0.4) is 0 Å². The second-order valence-electron chi connectivity index (χ2n) is 5.82. The second kappa shape index (κ2) is 6.26. The zero-order chi connectivity index (χ0) is 15.5. The Morgan fingerprint density at radius 2 is 1.86 bits per heavy atom. The minimum atomic E-state index is -0.552. The molecule has 1 fully saturated rings. The minimum absolute atomic E-state index is 0.201. The Hall–Kier alpha value is -2.23. The van der Waals surface area contributed by atoms with E-state index in [4.69, 9.17) is 5.73 Å². The molecule has 4 nitrogen and oxygen atoms in total. The SMILES string of the molecule is Cc1ncc(C(N)=O)nc1-c1ccc(C2CC[CH]CC2)cc1. The molecule has 2 aromatic rings. The average molecular weight is 294 g/mol. The topological polar surface area (TPSA) is 68.9 Å². The lowest BCUT2D eigenvalue weighted by Gasteiger charge is -2.22. The van der Waals surface area contributed by atoms with E-state index in [0.717, 1.165) is 17.0 Å². The van der Waals surface area contributed by atoms with E-state index in [1.807, 2.05) is 6.92 Å². The average Bonchev–Trinajstić information content (AvgIpc) is 2.56. The maximum atomic E-state index is 11.3. The molecule has 1 aromatic carbocycles. The van der Waals surface area contributed by atoms with Crippen LogP contribution in [0.5, 0.6) is 0 Å². The van der Waals surface area contributed by atoms with Gasteiger partial charge < -0.3 is 5.73 Å². The molecule has 1 radical (unpaired) electrons. The standard InChI is InChI=1S/C18H20N3O/c1-12-17(21-16(11-20-12)18(19)22)15-9-7-14(8-10-15)13-5-3-2-4-6-13/h2,7-11,13H,3-6H2,1H3,(H2,19,22). The third kappa shape index (κ3) is 3.01. The molecular formula is C18H20N3O. The molecule has 1 aromatic heterocycles. The van der Waals surface area contributed by atoms with Gasteiger partial charge in [0.2, 0.25) is 0 Å². The van der Waals surface area contributed by atoms with Crippen molar-refractivity contribution >= 4 is 5.91 Å². The summed E-state index contributed by atoms with van der Waals surface area (Å²) in [6.07, 6.45) is 8.67. The van der Waals surface area contributed by atoms with Gasteiger partial charge in [-0.1, -0.05) is 24.3 Å². The van der Waals surface area contributed by atoms with Gasteiger partial charge in [-0.3, -0.25) is 9.78 Å². The highest BCUT2D eigenvalue weighted by Gasteiger charge is 2.16. The lowest BCUT2D eigenvalue weighted by atomic mass is 9.84. The number of hydrogen-bond donors (Lipinski definition) is 1. The van der Waals surface area contributed by atoms with Gasteiger partial charge in [-0.25, -0.2) is 4.98 Å². The van der Waals surface area contributed by atoms with Gasteiger partial charge in [0.05, 0.1) is 17.6 Å². The van der Waals surface area contributed by atoms with E-state index in [9.17, 15) is 4.79 Å². The summed E-state index contributed by atoms with van der Waals surface area (Å²) in [6.45, 7) is 1.89. The summed E-state index contributed by atoms with van der Waals surface area (Å²) in [4.78, 5) is 19.8. The normalized spacial score (nSPS) is 15.7. The summed E-state index contributed by atoms with van der Waals surface area (Å²) >= 11 is 0. The fourth-order valence-electron chi connectivity index (χ4n) is 3.01. The fourth-order valence-corrected chi connectivity index (χ4v) is 3.01. The van der Waals surface area contributed by atoms with Gasteiger partial charge in [0.15, 0.2) is 0 Å². The first kappa shape index (κ1) is 14.7. The highest BCUT2D eigenvalue weighted by molar-refractivity contribution is 5.91. The predicted molar refractivity (Wildman–Crippen MR) is 86.2 cm³/mol. The van der Waals surface area contributed by atoms with E-state index >= 15 is 0 Å². The quantitative estimate of drug-likeness (QED) is 0.943. The maximum Gasteiger partial charge on any atom is 0.268 e. The van der Waals surface area contributed by atoms with E-state index in [1.54, 1.807) is 0 Å². The third-order valence-corrected chi connectivity index (χ3v) is 4.30. The molecular weight excluding hydrogens is 274 g/mol. The van der Waals surface area contributed by atoms with E-state index in [2.05, 4.69) is 40.7 Å². The van der Waals surface area contributed by atoms with Crippen molar-refractivity contribution < 1.29 is 4.79 Å². The van der Waals surface area contributed by atoms with Gasteiger partial charge in [-0.2, -0.15) is 0 Å². The van der Waals surface area contributed by atoms with E-state index in [-0.39, 0.29) is 5.69 Å². The zero-order valence-corrected chi connectivity index (χ0v) is 12.7. The molecule has 1 aliphatic rings. The molecule has 113 valence electrons. The van der Waals surface area contributed by atoms with Crippen molar-refractivity contribution in [3.63, 3.8) is 0 Å². The van der Waals surface area contributed by atoms with Crippen LogP contribution in [0, 0.1) is 13.3 Å². The number of nitrogens with zero attached hydrogens (tertiary/aromatic N) is 2. The van der Waals surface area contributed by atoms with Crippen molar-refractivity contribution in [1.29, 1.82) is 0 Å². The fraction of sp³-hybridized carbons (Fsp3) is 0.333. The van der Waals surface area contributed by atoms with E-state index < -0.39 is 5.91 Å². The Labute approximate surface area is 130 Å². The molecule has 0 spiro atoms. The number of carbonyl (C=O) groups is 1. The van der Waals surface area contributed by atoms with Gasteiger partial charge in [-0.05, 0) is 50.5 Å². The third-order valence-electron chi connectivity index (χ3n) is 4.30. The summed E-state index contributed by atoms with van der Waals surface area (Å²) in [5, 5.41) is 0. The Morgan fingerprint density at radius 3 is 2.50 bits per heavy atom. The first-order valence-electron chi connectivity index (χ1n) is 7.70. The van der Waals surface area contributed by atoms with Crippen LogP contribution in [0.2, 0.25) is 0 Å². The molecule has 1 amide bonds. The van der Waals surface area contributed by atoms with Crippen LogP contribution < -0.4 is 5.73 Å². The number of nitrogens with two attached hydrogens (primary N) is 1. The molecule has 0 bridgehead atoms. The van der Waals surface area contributed by atoms with Gasteiger partial charge in [0.25, 0.3) is 5.91 Å². The van der Waals surface area contributed by atoms with Crippen LogP contribution in [-0.4, -0.2) is 15.9 Å². The summed E-state index contributed by atoms with van der Waals surface area (Å²) in [5.41, 5.74) is 9.36. The zero-order valence-electron chi connectivity index (χ0n) is 12.7. The summed E-state index contributed by atoms with van der Waals surface area (Å²) in [6, 6.07) is 8.47. The van der Waals surface area contributed by atoms with Crippen LogP contribution in [0.15, 0.2) is 30.5 Å². The molecule has 22 heavy (non-hydrogen) atoms. The molecule has 0 unspecified atom stereocenters. The number of aryl methyl sites for hydroxylation is 1. The number of amides is 1. The Bertz CT molecular complexity index is 673. The predicted octanol–water partition coefficient (Wildman–Crippen LogP) is 3.41. The number of hydrogen-bond acceptors (Lipinski definition) is 3. The van der Waals surface area contributed by atoms with Crippen molar-refractivity contribution in [3.05, 3.63) is 53.8 Å². The number of primary amides is 1. The lowest BCUT2D eigenvalue weighted by Crippen LogP contribution is -2.14. The summed E-state index contributed by atoms with van der Waals surface area (Å²) < 4.78 is 0. The molecule has 0 atom stereocenters. The highest BCUT2D eigenvalue weighted by atomic mass is 16.1. The number of rotatable bonds is 3. The van der Waals surface area contributed by atoms with Crippen LogP contribution >= 0.6 is 0 Å². The Kier molecular flexibility index (Phi) is 4.18. The Balaban J connectivity index is 1.89. The van der Waals surface area contributed by atoms with Crippen molar-refractivity contribution in [2.45, 2.75) is 38.5 Å². The number of benzene rings is 1. The van der Waals surface area contributed by atoms with Crippen LogP contribution in [0.1, 0.15) is 53.3 Å². The van der Waals surface area contributed by atoms with Crippen molar-refractivity contribution in [1.82, 2.24) is 9.97 Å². The molecule has 1 heterocycles. The molecule has 4 heteroatoms. The Morgan fingerprint density at radius 1 is 1.18 bits per heavy atom. The second-order valence-corrected chi connectivity index (χ2v) is 5.82. The van der Waals surface area contributed by atoms with E-state index in [1.165, 1.54) is 37.4 Å². The molecule has 2 N–H and O–H groups in total. The molecule has 3 rings (SSSR count). The van der Waals surface area contributed by atoms with Gasteiger partial charge in [0, 0.05) is 5.56 Å². The first-order chi connectivity index (χ1) is 10.6. The number of carbonyl (C=O) groups excluding carboxylic acids is 1. The van der Waals surface area contributed by atoms with Gasteiger partial charge >= 0.3 is 0 Å².